The highest BCUT2D eigenvalue weighted by Crippen LogP contribution is 2.23. The molecule has 104 valence electrons. The zero-order chi connectivity index (χ0) is 14.2. The second-order valence-corrected chi connectivity index (χ2v) is 5.24. The maximum absolute atomic E-state index is 11.8. The summed E-state index contributed by atoms with van der Waals surface area (Å²) in [5.74, 6) is 0.690. The van der Waals surface area contributed by atoms with Gasteiger partial charge in [0.2, 0.25) is 5.95 Å². The Morgan fingerprint density at radius 2 is 2.14 bits per heavy atom. The van der Waals surface area contributed by atoms with Gasteiger partial charge in [0, 0.05) is 35.4 Å². The van der Waals surface area contributed by atoms with Crippen molar-refractivity contribution in [1.29, 1.82) is 0 Å². The summed E-state index contributed by atoms with van der Waals surface area (Å²) < 4.78 is 0. The minimum absolute atomic E-state index is 0.150. The first-order valence-corrected chi connectivity index (χ1v) is 7.03. The molecule has 1 aliphatic carbocycles. The van der Waals surface area contributed by atoms with E-state index in [1.165, 1.54) is 0 Å². The molecule has 5 nitrogen and oxygen atoms in total. The molecule has 0 atom stereocenters. The minimum atomic E-state index is 0.150. The number of rotatable bonds is 2. The Labute approximate surface area is 121 Å². The van der Waals surface area contributed by atoms with Crippen LogP contribution in [0.3, 0.4) is 0 Å². The number of aromatic amines is 1. The van der Waals surface area contributed by atoms with Gasteiger partial charge in [0.05, 0.1) is 11.3 Å². The van der Waals surface area contributed by atoms with Crippen molar-refractivity contribution in [2.75, 3.05) is 5.32 Å². The first-order chi connectivity index (χ1) is 10.3. The molecule has 2 heterocycles. The molecule has 2 aromatic heterocycles. The van der Waals surface area contributed by atoms with E-state index in [1.54, 1.807) is 6.20 Å². The average Bonchev–Trinajstić information content (AvgIpc) is 2.95. The largest absolute Gasteiger partial charge is 0.361 e. The Morgan fingerprint density at radius 1 is 1.19 bits per heavy atom. The summed E-state index contributed by atoms with van der Waals surface area (Å²) in [4.78, 5) is 23.7. The summed E-state index contributed by atoms with van der Waals surface area (Å²) in [6.45, 7) is 0. The number of benzene rings is 1. The Hall–Kier alpha value is -2.69. The van der Waals surface area contributed by atoms with Crippen molar-refractivity contribution in [3.8, 4) is 0 Å². The van der Waals surface area contributed by atoms with Crippen LogP contribution in [0.2, 0.25) is 0 Å². The van der Waals surface area contributed by atoms with Crippen molar-refractivity contribution in [2.45, 2.75) is 19.3 Å². The first kappa shape index (κ1) is 12.1. The Balaban J connectivity index is 1.66. The van der Waals surface area contributed by atoms with Gasteiger partial charge >= 0.3 is 0 Å². The van der Waals surface area contributed by atoms with E-state index < -0.39 is 0 Å². The van der Waals surface area contributed by atoms with Crippen molar-refractivity contribution in [3.63, 3.8) is 0 Å². The normalized spacial score (nSPS) is 14.2. The molecular formula is C16H14N4O. The molecule has 5 heteroatoms. The molecule has 0 amide bonds. The Bertz CT molecular complexity index is 837. The molecule has 0 radical (unpaired) electrons. The predicted octanol–water partition coefficient (Wildman–Crippen LogP) is 3.22. The first-order valence-electron chi connectivity index (χ1n) is 7.03. The lowest BCUT2D eigenvalue weighted by Crippen LogP contribution is -2.14. The summed E-state index contributed by atoms with van der Waals surface area (Å²) in [6, 6.07) is 8.05. The summed E-state index contributed by atoms with van der Waals surface area (Å²) >= 11 is 0. The molecule has 0 fully saturated rings. The van der Waals surface area contributed by atoms with Crippen LogP contribution in [0.5, 0.6) is 0 Å². The quantitative estimate of drug-likeness (QED) is 0.755. The fraction of sp³-hybridized carbons (Fsp3) is 0.188. The van der Waals surface area contributed by atoms with Gasteiger partial charge < -0.3 is 10.3 Å². The summed E-state index contributed by atoms with van der Waals surface area (Å²) in [5.41, 5.74) is 3.56. The van der Waals surface area contributed by atoms with Crippen molar-refractivity contribution in [1.82, 2.24) is 15.0 Å². The van der Waals surface area contributed by atoms with Crippen molar-refractivity contribution >= 4 is 28.3 Å². The maximum Gasteiger partial charge on any atom is 0.227 e. The smallest absolute Gasteiger partial charge is 0.227 e. The van der Waals surface area contributed by atoms with Crippen LogP contribution >= 0.6 is 0 Å². The lowest BCUT2D eigenvalue weighted by molar-refractivity contribution is 0.0971. The number of aryl methyl sites for hydroxylation is 1. The summed E-state index contributed by atoms with van der Waals surface area (Å²) in [7, 11) is 0. The van der Waals surface area contributed by atoms with Gasteiger partial charge in [0.1, 0.15) is 0 Å². The second-order valence-electron chi connectivity index (χ2n) is 5.24. The number of ketones is 1. The number of nitrogens with one attached hydrogen (secondary N) is 2. The number of carbonyl (C=O) groups is 1. The van der Waals surface area contributed by atoms with Crippen LogP contribution in [0.25, 0.3) is 10.9 Å². The molecule has 0 saturated heterocycles. The highest BCUT2D eigenvalue weighted by atomic mass is 16.1. The van der Waals surface area contributed by atoms with Crippen LogP contribution in [0, 0.1) is 0 Å². The van der Waals surface area contributed by atoms with Gasteiger partial charge in [0.25, 0.3) is 0 Å². The van der Waals surface area contributed by atoms with E-state index in [0.717, 1.165) is 35.1 Å². The fourth-order valence-electron chi connectivity index (χ4n) is 2.71. The standard InChI is InChI=1S/C16H14N4O/c21-15-3-1-2-14-12(15)9-18-16(20-14)19-11-4-5-13-10(8-11)6-7-17-13/h4-9,17H,1-3H2,(H,18,19,20). The molecule has 21 heavy (non-hydrogen) atoms. The van der Waals surface area contributed by atoms with Crippen LogP contribution < -0.4 is 5.32 Å². The van der Waals surface area contributed by atoms with Gasteiger partial charge in [-0.25, -0.2) is 9.97 Å². The number of nitrogens with zero attached hydrogens (tertiary/aromatic N) is 2. The third-order valence-electron chi connectivity index (χ3n) is 3.79. The zero-order valence-corrected chi connectivity index (χ0v) is 11.4. The zero-order valence-electron chi connectivity index (χ0n) is 11.4. The van der Waals surface area contributed by atoms with Gasteiger partial charge in [-0.3, -0.25) is 4.79 Å². The lowest BCUT2D eigenvalue weighted by atomic mass is 9.96. The van der Waals surface area contributed by atoms with Crippen LogP contribution in [-0.2, 0) is 6.42 Å². The molecular weight excluding hydrogens is 264 g/mol. The number of H-pyrrole nitrogens is 1. The highest BCUT2D eigenvalue weighted by Gasteiger charge is 2.19. The summed E-state index contributed by atoms with van der Waals surface area (Å²) in [5, 5.41) is 4.34. The van der Waals surface area contributed by atoms with Gasteiger partial charge in [-0.2, -0.15) is 0 Å². The average molecular weight is 278 g/mol. The SMILES string of the molecule is O=C1CCCc2nc(Nc3ccc4[nH]ccc4c3)ncc21. The third-order valence-corrected chi connectivity index (χ3v) is 3.79. The number of fused-ring (bicyclic) bond motifs is 2. The number of hydrogen-bond donors (Lipinski definition) is 2. The second kappa shape index (κ2) is 4.70. The molecule has 0 spiro atoms. The molecule has 3 aromatic rings. The highest BCUT2D eigenvalue weighted by molar-refractivity contribution is 5.97. The van der Waals surface area contributed by atoms with Gasteiger partial charge in [-0.15, -0.1) is 0 Å². The van der Waals surface area contributed by atoms with E-state index in [9.17, 15) is 4.79 Å². The van der Waals surface area contributed by atoms with E-state index >= 15 is 0 Å². The number of hydrogen-bond acceptors (Lipinski definition) is 4. The van der Waals surface area contributed by atoms with Crippen LogP contribution in [-0.4, -0.2) is 20.7 Å². The maximum atomic E-state index is 11.8. The lowest BCUT2D eigenvalue weighted by Gasteiger charge is -2.14. The topological polar surface area (TPSA) is 70.7 Å². The molecule has 0 bridgehead atoms. The van der Waals surface area contributed by atoms with Gasteiger partial charge in [0.15, 0.2) is 5.78 Å². The Kier molecular flexibility index (Phi) is 2.70. The molecule has 0 unspecified atom stereocenters. The van der Waals surface area contributed by atoms with Crippen LogP contribution in [0.4, 0.5) is 11.6 Å². The monoisotopic (exact) mass is 278 g/mol. The number of Topliss-reactive ketones (excluding diaryl/α,β-unsaturated/α-hetero) is 1. The van der Waals surface area contributed by atoms with Crippen molar-refractivity contribution in [2.24, 2.45) is 0 Å². The van der Waals surface area contributed by atoms with Crippen LogP contribution in [0.1, 0.15) is 28.9 Å². The Morgan fingerprint density at radius 3 is 3.10 bits per heavy atom. The van der Waals surface area contributed by atoms with Crippen molar-refractivity contribution in [3.05, 3.63) is 47.9 Å². The number of carbonyl (C=O) groups excluding carboxylic acids is 1. The fourth-order valence-corrected chi connectivity index (χ4v) is 2.71. The van der Waals surface area contributed by atoms with E-state index in [2.05, 4.69) is 20.3 Å². The minimum Gasteiger partial charge on any atom is -0.361 e. The number of anilines is 2. The van der Waals surface area contributed by atoms with E-state index in [0.29, 0.717) is 17.9 Å². The van der Waals surface area contributed by atoms with E-state index in [1.807, 2.05) is 30.5 Å². The molecule has 1 aliphatic rings. The molecule has 0 saturated carbocycles. The summed E-state index contributed by atoms with van der Waals surface area (Å²) in [6.07, 6.45) is 5.87. The van der Waals surface area contributed by atoms with Crippen LogP contribution in [0.15, 0.2) is 36.7 Å². The van der Waals surface area contributed by atoms with E-state index in [-0.39, 0.29) is 5.78 Å². The number of aromatic nitrogens is 3. The van der Waals surface area contributed by atoms with Gasteiger partial charge in [-0.1, -0.05) is 0 Å². The molecule has 0 aliphatic heterocycles. The molecule has 2 N–H and O–H groups in total. The van der Waals surface area contributed by atoms with Crippen molar-refractivity contribution < 1.29 is 4.79 Å². The predicted molar refractivity (Wildman–Crippen MR) is 80.9 cm³/mol. The third kappa shape index (κ3) is 2.16. The van der Waals surface area contributed by atoms with Gasteiger partial charge in [-0.05, 0) is 37.1 Å². The van der Waals surface area contributed by atoms with E-state index in [4.69, 9.17) is 0 Å². The molecule has 4 rings (SSSR count). The molecule has 1 aromatic carbocycles.